The molecule has 0 unspecified atom stereocenters. The second kappa shape index (κ2) is 7.25. The fourth-order valence-electron chi connectivity index (χ4n) is 1.97. The number of hydrogen-bond acceptors (Lipinski definition) is 1. The normalized spacial score (nSPS) is 12.3. The molecule has 0 N–H and O–H groups in total. The van der Waals surface area contributed by atoms with Gasteiger partial charge in [0.1, 0.15) is 0 Å². The minimum absolute atomic E-state index is 0.190. The quantitative estimate of drug-likeness (QED) is 0.636. The van der Waals surface area contributed by atoms with E-state index in [0.717, 1.165) is 19.4 Å². The maximum Gasteiger partial charge on any atom is 0.229 e. The van der Waals surface area contributed by atoms with Gasteiger partial charge in [0.2, 0.25) is 5.91 Å². The molecule has 102 valence electrons. The molecule has 0 saturated carbocycles. The lowest BCUT2D eigenvalue weighted by Crippen LogP contribution is -2.48. The smallest absolute Gasteiger partial charge is 0.229 e. The average Bonchev–Trinajstić information content (AvgIpc) is 2.27. The zero-order valence-corrected chi connectivity index (χ0v) is 13.0. The number of carbonyl (C=O) groups is 1. The number of halogens is 1. The summed E-state index contributed by atoms with van der Waals surface area (Å²) in [4.78, 5) is 14.6. The molecule has 0 rings (SSSR count). The van der Waals surface area contributed by atoms with Gasteiger partial charge in [-0.25, -0.2) is 0 Å². The standard InChI is InChI=1S/C14H28ClNO/c1-7-12(8-2)16(9-11(3)4)13(17)14(5,6)10-15/h11-12H,7-10H2,1-6H3. The van der Waals surface area contributed by atoms with E-state index in [1.165, 1.54) is 0 Å². The predicted octanol–water partition coefficient (Wildman–Crippen LogP) is 3.92. The van der Waals surface area contributed by atoms with Crippen LogP contribution >= 0.6 is 11.6 Å². The van der Waals surface area contributed by atoms with Gasteiger partial charge in [-0.05, 0) is 32.6 Å². The molecule has 3 heteroatoms. The summed E-state index contributed by atoms with van der Waals surface area (Å²) in [6, 6.07) is 0.340. The third-order valence-electron chi connectivity index (χ3n) is 3.12. The lowest BCUT2D eigenvalue weighted by Gasteiger charge is -2.37. The van der Waals surface area contributed by atoms with Crippen LogP contribution < -0.4 is 0 Å². The van der Waals surface area contributed by atoms with Gasteiger partial charge in [-0.15, -0.1) is 11.6 Å². The summed E-state index contributed by atoms with van der Waals surface area (Å²) in [5.74, 6) is 1.06. The number of nitrogens with zero attached hydrogens (tertiary/aromatic N) is 1. The molecule has 0 spiro atoms. The first-order chi connectivity index (χ1) is 7.80. The molecule has 0 bridgehead atoms. The fourth-order valence-corrected chi connectivity index (χ4v) is 2.08. The minimum Gasteiger partial charge on any atom is -0.339 e. The third-order valence-corrected chi connectivity index (χ3v) is 3.79. The highest BCUT2D eigenvalue weighted by atomic mass is 35.5. The monoisotopic (exact) mass is 261 g/mol. The topological polar surface area (TPSA) is 20.3 Å². The molecule has 0 aromatic rings. The van der Waals surface area contributed by atoms with E-state index in [1.54, 1.807) is 0 Å². The molecule has 1 amide bonds. The van der Waals surface area contributed by atoms with Crippen molar-refractivity contribution in [3.63, 3.8) is 0 Å². The summed E-state index contributed by atoms with van der Waals surface area (Å²) in [6.45, 7) is 13.3. The van der Waals surface area contributed by atoms with Crippen LogP contribution in [0.1, 0.15) is 54.4 Å². The van der Waals surface area contributed by atoms with Crippen LogP contribution in [0.2, 0.25) is 0 Å². The van der Waals surface area contributed by atoms with Crippen LogP contribution in [0.5, 0.6) is 0 Å². The SMILES string of the molecule is CCC(CC)N(CC(C)C)C(=O)C(C)(C)CCl. The van der Waals surface area contributed by atoms with Gasteiger partial charge in [0.25, 0.3) is 0 Å². The van der Waals surface area contributed by atoms with Crippen LogP contribution in [0.15, 0.2) is 0 Å². The molecule has 0 aromatic heterocycles. The molecule has 17 heavy (non-hydrogen) atoms. The Morgan fingerprint density at radius 2 is 1.71 bits per heavy atom. The van der Waals surface area contributed by atoms with Crippen molar-refractivity contribution < 1.29 is 4.79 Å². The largest absolute Gasteiger partial charge is 0.339 e. The molecular weight excluding hydrogens is 234 g/mol. The third kappa shape index (κ3) is 4.87. The number of rotatable bonds is 7. The number of amides is 1. The van der Waals surface area contributed by atoms with Gasteiger partial charge in [-0.3, -0.25) is 4.79 Å². The van der Waals surface area contributed by atoms with E-state index < -0.39 is 5.41 Å². The molecule has 0 aromatic carbocycles. The number of alkyl halides is 1. The second-order valence-corrected chi connectivity index (χ2v) is 6.11. The summed E-state index contributed by atoms with van der Waals surface area (Å²) in [5.41, 5.74) is -0.459. The van der Waals surface area contributed by atoms with Gasteiger partial charge < -0.3 is 4.90 Å². The van der Waals surface area contributed by atoms with Crippen LogP contribution in [0.3, 0.4) is 0 Å². The van der Waals surface area contributed by atoms with E-state index >= 15 is 0 Å². The van der Waals surface area contributed by atoms with Crippen LogP contribution in [0.4, 0.5) is 0 Å². The van der Waals surface area contributed by atoms with E-state index in [0.29, 0.717) is 17.8 Å². The van der Waals surface area contributed by atoms with Crippen molar-refractivity contribution in [2.24, 2.45) is 11.3 Å². The van der Waals surface area contributed by atoms with Crippen molar-refractivity contribution in [3.05, 3.63) is 0 Å². The summed E-state index contributed by atoms with van der Waals surface area (Å²) in [7, 11) is 0. The average molecular weight is 262 g/mol. The first-order valence-electron chi connectivity index (χ1n) is 6.67. The summed E-state index contributed by atoms with van der Waals surface area (Å²) < 4.78 is 0. The van der Waals surface area contributed by atoms with Crippen LogP contribution in [-0.2, 0) is 4.79 Å². The second-order valence-electron chi connectivity index (χ2n) is 5.84. The molecule has 0 heterocycles. The minimum atomic E-state index is -0.459. The van der Waals surface area contributed by atoms with Gasteiger partial charge in [-0.1, -0.05) is 27.7 Å². The van der Waals surface area contributed by atoms with Crippen molar-refractivity contribution in [1.29, 1.82) is 0 Å². The van der Waals surface area contributed by atoms with Crippen LogP contribution in [0, 0.1) is 11.3 Å². The van der Waals surface area contributed by atoms with Gasteiger partial charge in [0.15, 0.2) is 0 Å². The van der Waals surface area contributed by atoms with Gasteiger partial charge in [0.05, 0.1) is 5.41 Å². The number of carbonyl (C=O) groups excluding carboxylic acids is 1. The zero-order chi connectivity index (χ0) is 13.6. The highest BCUT2D eigenvalue weighted by Crippen LogP contribution is 2.24. The molecule has 0 aliphatic rings. The van der Waals surface area contributed by atoms with E-state index in [-0.39, 0.29) is 5.91 Å². The molecule has 0 saturated heterocycles. The van der Waals surface area contributed by atoms with Gasteiger partial charge in [0, 0.05) is 18.5 Å². The molecule has 0 fully saturated rings. The lowest BCUT2D eigenvalue weighted by atomic mass is 9.92. The van der Waals surface area contributed by atoms with Crippen LogP contribution in [-0.4, -0.2) is 29.3 Å². The van der Waals surface area contributed by atoms with E-state index in [4.69, 9.17) is 11.6 Å². The Hall–Kier alpha value is -0.240. The highest BCUT2D eigenvalue weighted by molar-refractivity contribution is 6.19. The first-order valence-corrected chi connectivity index (χ1v) is 7.20. The summed E-state index contributed by atoms with van der Waals surface area (Å²) in [5, 5.41) is 0. The van der Waals surface area contributed by atoms with Gasteiger partial charge in [-0.2, -0.15) is 0 Å². The Kier molecular flexibility index (Phi) is 7.15. The molecule has 2 nitrogen and oxygen atoms in total. The van der Waals surface area contributed by atoms with Crippen molar-refractivity contribution in [2.45, 2.75) is 60.4 Å². The van der Waals surface area contributed by atoms with E-state index in [9.17, 15) is 4.79 Å². The Balaban J connectivity index is 4.97. The Morgan fingerprint density at radius 1 is 1.24 bits per heavy atom. The summed E-state index contributed by atoms with van der Waals surface area (Å²) in [6.07, 6.45) is 2.01. The number of hydrogen-bond donors (Lipinski definition) is 0. The Bertz CT molecular complexity index is 234. The molecule has 0 aliphatic heterocycles. The van der Waals surface area contributed by atoms with Crippen molar-refractivity contribution in [3.8, 4) is 0 Å². The predicted molar refractivity (Wildman–Crippen MR) is 75.4 cm³/mol. The van der Waals surface area contributed by atoms with Crippen LogP contribution in [0.25, 0.3) is 0 Å². The van der Waals surface area contributed by atoms with Crippen molar-refractivity contribution >= 4 is 17.5 Å². The van der Waals surface area contributed by atoms with E-state index in [2.05, 4.69) is 27.7 Å². The molecule has 0 radical (unpaired) electrons. The molecular formula is C14H28ClNO. The maximum absolute atomic E-state index is 12.5. The summed E-state index contributed by atoms with van der Waals surface area (Å²) >= 11 is 5.91. The maximum atomic E-state index is 12.5. The molecule has 0 aliphatic carbocycles. The lowest BCUT2D eigenvalue weighted by molar-refractivity contribution is -0.142. The molecule has 0 atom stereocenters. The Morgan fingerprint density at radius 3 is 2.00 bits per heavy atom. The van der Waals surface area contributed by atoms with Gasteiger partial charge >= 0.3 is 0 Å². The fraction of sp³-hybridized carbons (Fsp3) is 0.929. The zero-order valence-electron chi connectivity index (χ0n) is 12.2. The first kappa shape index (κ1) is 16.8. The van der Waals surface area contributed by atoms with E-state index in [1.807, 2.05) is 18.7 Å². The highest BCUT2D eigenvalue weighted by Gasteiger charge is 2.33. The van der Waals surface area contributed by atoms with Crippen molar-refractivity contribution in [1.82, 2.24) is 4.90 Å². The van der Waals surface area contributed by atoms with Crippen molar-refractivity contribution in [2.75, 3.05) is 12.4 Å². The Labute approximate surface area is 112 Å².